The number of carbonyl (C=O) groups is 1. The van der Waals surface area contributed by atoms with Gasteiger partial charge in [0.1, 0.15) is 6.29 Å². The molecule has 1 saturated carbocycles. The van der Waals surface area contributed by atoms with Gasteiger partial charge in [-0.2, -0.15) is 0 Å². The molecule has 1 aromatic rings. The van der Waals surface area contributed by atoms with E-state index in [1.54, 1.807) is 23.5 Å². The first-order valence-corrected chi connectivity index (χ1v) is 8.93. The molecular formula is C15H21NO2S2. The molecule has 0 saturated heterocycles. The van der Waals surface area contributed by atoms with E-state index in [1.165, 1.54) is 25.7 Å². The lowest BCUT2D eigenvalue weighted by molar-refractivity contribution is -0.109. The number of aliphatic hydroxyl groups is 1. The number of rotatable bonds is 8. The van der Waals surface area contributed by atoms with Gasteiger partial charge in [0, 0.05) is 15.9 Å². The molecule has 2 unspecified atom stereocenters. The lowest BCUT2D eigenvalue weighted by Gasteiger charge is -2.20. The molecule has 0 amide bonds. The van der Waals surface area contributed by atoms with Crippen LogP contribution in [0.1, 0.15) is 25.7 Å². The highest BCUT2D eigenvalue weighted by Gasteiger charge is 2.21. The number of benzene rings is 1. The average molecular weight is 311 g/mol. The van der Waals surface area contributed by atoms with E-state index >= 15 is 0 Å². The van der Waals surface area contributed by atoms with Crippen molar-refractivity contribution in [3.05, 3.63) is 30.3 Å². The zero-order valence-corrected chi connectivity index (χ0v) is 13.0. The van der Waals surface area contributed by atoms with Crippen LogP contribution in [0.2, 0.25) is 0 Å². The van der Waals surface area contributed by atoms with Crippen LogP contribution in [-0.2, 0) is 4.79 Å². The van der Waals surface area contributed by atoms with E-state index in [1.807, 2.05) is 30.3 Å². The van der Waals surface area contributed by atoms with Crippen molar-refractivity contribution in [1.82, 2.24) is 5.32 Å². The minimum atomic E-state index is -0.648. The summed E-state index contributed by atoms with van der Waals surface area (Å²) in [4.78, 5) is 12.2. The third-order valence-electron chi connectivity index (χ3n) is 3.32. The SMILES string of the molecule is O=CC(CSc1ccccc1)NC(O)SC1CCCC1. The third kappa shape index (κ3) is 5.48. The van der Waals surface area contributed by atoms with Gasteiger partial charge >= 0.3 is 0 Å². The van der Waals surface area contributed by atoms with Crippen LogP contribution in [0.15, 0.2) is 35.2 Å². The fourth-order valence-electron chi connectivity index (χ4n) is 2.26. The number of aldehydes is 1. The van der Waals surface area contributed by atoms with Crippen LogP contribution in [0.25, 0.3) is 0 Å². The Labute approximate surface area is 128 Å². The second-order valence-corrected chi connectivity index (χ2v) is 7.41. The highest BCUT2D eigenvalue weighted by Crippen LogP contribution is 2.31. The minimum absolute atomic E-state index is 0.316. The quantitative estimate of drug-likeness (QED) is 0.439. The molecule has 110 valence electrons. The molecule has 0 spiro atoms. The monoisotopic (exact) mass is 311 g/mol. The molecule has 1 aliphatic rings. The first-order valence-electron chi connectivity index (χ1n) is 7.00. The molecule has 0 heterocycles. The van der Waals surface area contributed by atoms with E-state index in [0.717, 1.165) is 11.2 Å². The summed E-state index contributed by atoms with van der Waals surface area (Å²) in [5.74, 6) is 0.635. The molecule has 2 atom stereocenters. The normalized spacial score (nSPS) is 18.9. The Morgan fingerprint density at radius 3 is 2.65 bits per heavy atom. The molecule has 1 aliphatic carbocycles. The zero-order valence-electron chi connectivity index (χ0n) is 11.4. The van der Waals surface area contributed by atoms with E-state index in [2.05, 4.69) is 5.32 Å². The van der Waals surface area contributed by atoms with Gasteiger partial charge in [0.2, 0.25) is 0 Å². The van der Waals surface area contributed by atoms with Crippen molar-refractivity contribution in [2.45, 2.75) is 47.4 Å². The summed E-state index contributed by atoms with van der Waals surface area (Å²) in [6.45, 7) is 0. The highest BCUT2D eigenvalue weighted by atomic mass is 32.2. The number of hydrogen-bond donors (Lipinski definition) is 2. The molecule has 0 radical (unpaired) electrons. The van der Waals surface area contributed by atoms with E-state index in [9.17, 15) is 9.90 Å². The second-order valence-electron chi connectivity index (χ2n) is 4.93. The molecule has 5 heteroatoms. The molecule has 2 N–H and O–H groups in total. The maximum atomic E-state index is 11.1. The Morgan fingerprint density at radius 2 is 2.00 bits per heavy atom. The first-order chi connectivity index (χ1) is 9.78. The Bertz CT molecular complexity index is 396. The molecule has 0 aromatic heterocycles. The predicted molar refractivity (Wildman–Crippen MR) is 86.0 cm³/mol. The van der Waals surface area contributed by atoms with Crippen molar-refractivity contribution in [1.29, 1.82) is 0 Å². The average Bonchev–Trinajstić information content (AvgIpc) is 2.97. The van der Waals surface area contributed by atoms with Gasteiger partial charge < -0.3 is 9.90 Å². The van der Waals surface area contributed by atoms with Crippen molar-refractivity contribution in [2.75, 3.05) is 5.75 Å². The molecule has 20 heavy (non-hydrogen) atoms. The van der Waals surface area contributed by atoms with Crippen LogP contribution in [-0.4, -0.2) is 34.0 Å². The maximum Gasteiger partial charge on any atom is 0.153 e. The van der Waals surface area contributed by atoms with Gasteiger partial charge in [-0.25, -0.2) is 0 Å². The summed E-state index contributed by atoms with van der Waals surface area (Å²) in [6, 6.07) is 9.67. The Kier molecular flexibility index (Phi) is 6.93. The summed E-state index contributed by atoms with van der Waals surface area (Å²) in [5.41, 5.74) is -0.648. The summed E-state index contributed by atoms with van der Waals surface area (Å²) < 4.78 is 0. The molecule has 0 aliphatic heterocycles. The molecule has 0 bridgehead atoms. The number of thioether (sulfide) groups is 2. The minimum Gasteiger partial charge on any atom is -0.369 e. The number of hydrogen-bond acceptors (Lipinski definition) is 5. The van der Waals surface area contributed by atoms with Crippen molar-refractivity contribution in [3.8, 4) is 0 Å². The summed E-state index contributed by atoms with van der Waals surface area (Å²) >= 11 is 3.17. The van der Waals surface area contributed by atoms with Gasteiger partial charge in [-0.3, -0.25) is 5.32 Å². The standard InChI is InChI=1S/C15H21NO2S2/c17-10-12(11-19-13-6-2-1-3-7-13)16-15(18)20-14-8-4-5-9-14/h1-3,6-7,10,12,14-16,18H,4-5,8-9,11H2. The van der Waals surface area contributed by atoms with Crippen molar-refractivity contribution >= 4 is 29.8 Å². The largest absolute Gasteiger partial charge is 0.369 e. The van der Waals surface area contributed by atoms with E-state index in [-0.39, 0.29) is 6.04 Å². The number of nitrogens with one attached hydrogen (secondary N) is 1. The van der Waals surface area contributed by atoms with E-state index in [0.29, 0.717) is 11.0 Å². The van der Waals surface area contributed by atoms with Crippen LogP contribution in [0.5, 0.6) is 0 Å². The highest BCUT2D eigenvalue weighted by molar-refractivity contribution is 8.00. The van der Waals surface area contributed by atoms with Gasteiger partial charge in [-0.1, -0.05) is 31.0 Å². The molecule has 3 nitrogen and oxygen atoms in total. The second kappa shape index (κ2) is 8.72. The van der Waals surface area contributed by atoms with Gasteiger partial charge in [-0.15, -0.1) is 23.5 Å². The van der Waals surface area contributed by atoms with Crippen LogP contribution in [0.3, 0.4) is 0 Å². The summed E-state index contributed by atoms with van der Waals surface area (Å²) in [6.07, 6.45) is 5.74. The van der Waals surface area contributed by atoms with Crippen LogP contribution < -0.4 is 5.32 Å². The fourth-order valence-corrected chi connectivity index (χ4v) is 4.38. The maximum absolute atomic E-state index is 11.1. The molecule has 2 rings (SSSR count). The van der Waals surface area contributed by atoms with Crippen LogP contribution >= 0.6 is 23.5 Å². The van der Waals surface area contributed by atoms with E-state index < -0.39 is 5.56 Å². The molecule has 1 fully saturated rings. The Balaban J connectivity index is 1.72. The Morgan fingerprint density at radius 1 is 1.30 bits per heavy atom. The van der Waals surface area contributed by atoms with Gasteiger partial charge in [0.25, 0.3) is 0 Å². The first kappa shape index (κ1) is 15.9. The lowest BCUT2D eigenvalue weighted by Crippen LogP contribution is -2.39. The van der Waals surface area contributed by atoms with Gasteiger partial charge in [0.15, 0.2) is 5.56 Å². The topological polar surface area (TPSA) is 49.3 Å². The smallest absolute Gasteiger partial charge is 0.153 e. The van der Waals surface area contributed by atoms with Crippen LogP contribution in [0, 0.1) is 0 Å². The Hall–Kier alpha value is -0.490. The predicted octanol–water partition coefficient (Wildman–Crippen LogP) is 2.89. The van der Waals surface area contributed by atoms with Gasteiger partial charge in [0.05, 0.1) is 6.04 Å². The summed E-state index contributed by atoms with van der Waals surface area (Å²) in [5, 5.41) is 13.5. The molecular weight excluding hydrogens is 290 g/mol. The van der Waals surface area contributed by atoms with Crippen LogP contribution in [0.4, 0.5) is 0 Å². The van der Waals surface area contributed by atoms with E-state index in [4.69, 9.17) is 0 Å². The zero-order chi connectivity index (χ0) is 14.2. The van der Waals surface area contributed by atoms with Crippen molar-refractivity contribution < 1.29 is 9.90 Å². The molecule has 1 aromatic carbocycles. The van der Waals surface area contributed by atoms with Crippen molar-refractivity contribution in [2.24, 2.45) is 0 Å². The van der Waals surface area contributed by atoms with Gasteiger partial charge in [-0.05, 0) is 25.0 Å². The number of carbonyl (C=O) groups excluding carboxylic acids is 1. The number of aliphatic hydroxyl groups excluding tert-OH is 1. The summed E-state index contributed by atoms with van der Waals surface area (Å²) in [7, 11) is 0. The fraction of sp³-hybridized carbons (Fsp3) is 0.533. The lowest BCUT2D eigenvalue weighted by atomic mass is 10.4. The van der Waals surface area contributed by atoms with Crippen molar-refractivity contribution in [3.63, 3.8) is 0 Å². The third-order valence-corrected chi connectivity index (χ3v) is 5.70.